The minimum absolute atomic E-state index is 0.113. The van der Waals surface area contributed by atoms with E-state index in [0.29, 0.717) is 18.7 Å². The molecule has 7 nitrogen and oxygen atoms in total. The lowest BCUT2D eigenvalue weighted by molar-refractivity contribution is 0.0944. The second kappa shape index (κ2) is 10.2. The molecule has 8 heteroatoms. The first-order valence-corrected chi connectivity index (χ1v) is 11.7. The fourth-order valence-corrected chi connectivity index (χ4v) is 4.65. The maximum absolute atomic E-state index is 12.6. The van der Waals surface area contributed by atoms with Crippen LogP contribution in [0, 0.1) is 18.3 Å². The first-order chi connectivity index (χ1) is 16.5. The number of aromatic nitrogens is 2. The van der Waals surface area contributed by atoms with E-state index in [1.54, 1.807) is 17.4 Å². The van der Waals surface area contributed by atoms with Gasteiger partial charge in [0.15, 0.2) is 0 Å². The lowest BCUT2D eigenvalue weighted by Gasteiger charge is -2.10. The van der Waals surface area contributed by atoms with Gasteiger partial charge in [0.25, 0.3) is 11.8 Å². The lowest BCUT2D eigenvalue weighted by atomic mass is 10.0. The van der Waals surface area contributed by atoms with Crippen LogP contribution in [0.4, 0.5) is 0 Å². The number of fused-ring (bicyclic) bond motifs is 1. The van der Waals surface area contributed by atoms with Gasteiger partial charge < -0.3 is 10.6 Å². The van der Waals surface area contributed by atoms with Crippen molar-refractivity contribution in [1.29, 1.82) is 5.26 Å². The van der Waals surface area contributed by atoms with Crippen molar-refractivity contribution in [2.75, 3.05) is 0 Å². The number of nitriles is 1. The average Bonchev–Trinajstić information content (AvgIpc) is 3.24. The number of hydrogen-bond donors (Lipinski definition) is 2. The summed E-state index contributed by atoms with van der Waals surface area (Å²) >= 11 is 1.72. The summed E-state index contributed by atoms with van der Waals surface area (Å²) in [5, 5.41) is 15.9. The highest BCUT2D eigenvalue weighted by Crippen LogP contribution is 2.25. The molecule has 0 radical (unpaired) electrons. The van der Waals surface area contributed by atoms with Crippen molar-refractivity contribution in [1.82, 2.24) is 20.6 Å². The van der Waals surface area contributed by atoms with Gasteiger partial charge in [-0.2, -0.15) is 5.26 Å². The van der Waals surface area contributed by atoms with Crippen molar-refractivity contribution in [2.24, 2.45) is 0 Å². The summed E-state index contributed by atoms with van der Waals surface area (Å²) < 4.78 is 1.18. The first-order valence-electron chi connectivity index (χ1n) is 10.9. The van der Waals surface area contributed by atoms with E-state index < -0.39 is 5.91 Å². The number of benzene rings is 2. The third-order valence-electron chi connectivity index (χ3n) is 5.45. The molecule has 34 heavy (non-hydrogen) atoms. The maximum Gasteiger partial charge on any atom is 0.270 e. The smallest absolute Gasteiger partial charge is 0.270 e. The summed E-state index contributed by atoms with van der Waals surface area (Å²) in [6, 6.07) is 17.1. The van der Waals surface area contributed by atoms with Crippen LogP contribution in [0.5, 0.6) is 0 Å². The molecule has 0 fully saturated rings. The molecule has 0 saturated carbocycles. The quantitative estimate of drug-likeness (QED) is 0.420. The minimum atomic E-state index is -0.402. The molecule has 2 amide bonds. The largest absolute Gasteiger partial charge is 0.347 e. The van der Waals surface area contributed by atoms with Gasteiger partial charge in [-0.3, -0.25) is 9.59 Å². The highest BCUT2D eigenvalue weighted by molar-refractivity contribution is 7.19. The summed E-state index contributed by atoms with van der Waals surface area (Å²) in [4.78, 5) is 34.5. The molecule has 2 aromatic carbocycles. The van der Waals surface area contributed by atoms with E-state index in [9.17, 15) is 9.59 Å². The van der Waals surface area contributed by atoms with E-state index in [4.69, 9.17) is 5.26 Å². The number of aryl methyl sites for hydroxylation is 2. The summed E-state index contributed by atoms with van der Waals surface area (Å²) in [5.74, 6) is -0.777. The fraction of sp³-hybridized carbons (Fsp3) is 0.192. The zero-order valence-corrected chi connectivity index (χ0v) is 19.7. The third kappa shape index (κ3) is 5.27. The molecule has 0 aliphatic rings. The first kappa shape index (κ1) is 23.1. The van der Waals surface area contributed by atoms with Crippen molar-refractivity contribution in [3.63, 3.8) is 0 Å². The van der Waals surface area contributed by atoms with Crippen LogP contribution >= 0.6 is 11.3 Å². The molecule has 2 heterocycles. The summed E-state index contributed by atoms with van der Waals surface area (Å²) in [5.41, 5.74) is 3.74. The van der Waals surface area contributed by atoms with E-state index in [1.807, 2.05) is 31.2 Å². The average molecular weight is 470 g/mol. The monoisotopic (exact) mass is 469 g/mol. The van der Waals surface area contributed by atoms with E-state index >= 15 is 0 Å². The molecular formula is C26H23N5O2S. The SMILES string of the molecule is CCc1cc(C#N)ccc1CNC(=O)c1cc(C(=O)NCc2ccc3cc(C)sc3c2)ncn1. The Bertz CT molecular complexity index is 1420. The Morgan fingerprint density at radius 2 is 1.68 bits per heavy atom. The molecule has 0 saturated heterocycles. The van der Waals surface area contributed by atoms with Crippen LogP contribution < -0.4 is 10.6 Å². The maximum atomic E-state index is 12.6. The third-order valence-corrected chi connectivity index (χ3v) is 6.46. The number of rotatable bonds is 7. The number of nitrogens with zero attached hydrogens (tertiary/aromatic N) is 3. The van der Waals surface area contributed by atoms with Crippen molar-refractivity contribution < 1.29 is 9.59 Å². The Balaban J connectivity index is 1.39. The fourth-order valence-electron chi connectivity index (χ4n) is 3.66. The predicted octanol–water partition coefficient (Wildman–Crippen LogP) is 4.29. The number of carbonyl (C=O) groups excluding carboxylic acids is 2. The molecule has 0 aliphatic carbocycles. The Kier molecular flexibility index (Phi) is 6.95. The molecule has 0 atom stereocenters. The standard InChI is InChI=1S/C26H23N5O2S/c1-3-19-9-17(12-27)4-7-21(19)14-29-26(33)23-11-22(30-15-31-23)25(32)28-13-18-5-6-20-8-16(2)34-24(20)10-18/h4-11,15H,3,13-14H2,1-2H3,(H,28,32)(H,29,33). The summed E-state index contributed by atoms with van der Waals surface area (Å²) in [7, 11) is 0. The normalized spacial score (nSPS) is 10.6. The Hall–Kier alpha value is -4.09. The van der Waals surface area contributed by atoms with Gasteiger partial charge in [-0.15, -0.1) is 11.3 Å². The lowest BCUT2D eigenvalue weighted by Crippen LogP contribution is -2.27. The summed E-state index contributed by atoms with van der Waals surface area (Å²) in [6.07, 6.45) is 1.96. The molecular weight excluding hydrogens is 446 g/mol. The molecule has 2 N–H and O–H groups in total. The molecule has 170 valence electrons. The second-order valence-corrected chi connectivity index (χ2v) is 9.12. The van der Waals surface area contributed by atoms with Gasteiger partial charge in [0.1, 0.15) is 17.7 Å². The molecule has 4 aromatic rings. The summed E-state index contributed by atoms with van der Waals surface area (Å²) in [6.45, 7) is 4.72. The number of hydrogen-bond acceptors (Lipinski definition) is 6. The van der Waals surface area contributed by atoms with Gasteiger partial charge in [-0.25, -0.2) is 9.97 Å². The van der Waals surface area contributed by atoms with Crippen LogP contribution in [0.1, 0.15) is 55.0 Å². The number of nitrogens with one attached hydrogen (secondary N) is 2. The topological polar surface area (TPSA) is 108 Å². The highest BCUT2D eigenvalue weighted by atomic mass is 32.1. The number of thiophene rings is 1. The van der Waals surface area contributed by atoms with Crippen molar-refractivity contribution in [2.45, 2.75) is 33.4 Å². The van der Waals surface area contributed by atoms with E-state index in [-0.39, 0.29) is 17.3 Å². The number of carbonyl (C=O) groups is 2. The molecule has 4 rings (SSSR count). The van der Waals surface area contributed by atoms with Crippen LogP contribution in [-0.4, -0.2) is 21.8 Å². The predicted molar refractivity (Wildman–Crippen MR) is 131 cm³/mol. The Labute approximate surface area is 201 Å². The van der Waals surface area contributed by atoms with E-state index in [2.05, 4.69) is 45.7 Å². The van der Waals surface area contributed by atoms with Gasteiger partial charge in [-0.1, -0.05) is 25.1 Å². The number of amides is 2. The van der Waals surface area contributed by atoms with Crippen molar-refractivity contribution >= 4 is 33.2 Å². The Morgan fingerprint density at radius 1 is 0.941 bits per heavy atom. The zero-order chi connectivity index (χ0) is 24.1. The van der Waals surface area contributed by atoms with Gasteiger partial charge >= 0.3 is 0 Å². The zero-order valence-electron chi connectivity index (χ0n) is 18.9. The van der Waals surface area contributed by atoms with Gasteiger partial charge in [-0.05, 0) is 59.7 Å². The van der Waals surface area contributed by atoms with E-state index in [0.717, 1.165) is 23.1 Å². The second-order valence-electron chi connectivity index (χ2n) is 7.83. The van der Waals surface area contributed by atoms with Crippen molar-refractivity contribution in [3.8, 4) is 6.07 Å². The van der Waals surface area contributed by atoms with Gasteiger partial charge in [0, 0.05) is 28.7 Å². The molecule has 0 unspecified atom stereocenters. The molecule has 2 aromatic heterocycles. The molecule has 0 aliphatic heterocycles. The van der Waals surface area contributed by atoms with Crippen LogP contribution in [-0.2, 0) is 19.5 Å². The van der Waals surface area contributed by atoms with Crippen LogP contribution in [0.25, 0.3) is 10.1 Å². The van der Waals surface area contributed by atoms with Gasteiger partial charge in [0.2, 0.25) is 0 Å². The van der Waals surface area contributed by atoms with Crippen LogP contribution in [0.15, 0.2) is 54.9 Å². The van der Waals surface area contributed by atoms with Crippen molar-refractivity contribution in [3.05, 3.63) is 93.4 Å². The van der Waals surface area contributed by atoms with Crippen LogP contribution in [0.2, 0.25) is 0 Å². The molecule has 0 bridgehead atoms. The Morgan fingerprint density at radius 3 is 2.38 bits per heavy atom. The van der Waals surface area contributed by atoms with Gasteiger partial charge in [0.05, 0.1) is 11.6 Å². The highest BCUT2D eigenvalue weighted by Gasteiger charge is 2.14. The van der Waals surface area contributed by atoms with Crippen LogP contribution in [0.3, 0.4) is 0 Å². The minimum Gasteiger partial charge on any atom is -0.347 e. The van der Waals surface area contributed by atoms with E-state index in [1.165, 1.54) is 27.4 Å². The molecule has 0 spiro atoms.